The lowest BCUT2D eigenvalue weighted by Gasteiger charge is -2.15. The quantitative estimate of drug-likeness (QED) is 0.757. The van der Waals surface area contributed by atoms with E-state index in [4.69, 9.17) is 4.74 Å². The van der Waals surface area contributed by atoms with Crippen LogP contribution in [-0.2, 0) is 17.8 Å². The predicted octanol–water partition coefficient (Wildman–Crippen LogP) is 2.37. The molecule has 0 aliphatic carbocycles. The Morgan fingerprint density at radius 2 is 2.18 bits per heavy atom. The van der Waals surface area contributed by atoms with Gasteiger partial charge in [-0.2, -0.15) is 0 Å². The molecule has 2 aromatic heterocycles. The lowest BCUT2D eigenvalue weighted by atomic mass is 10.1. The van der Waals surface area contributed by atoms with Gasteiger partial charge in [0.1, 0.15) is 10.3 Å². The number of fused-ring (bicyclic) bond motifs is 1. The van der Waals surface area contributed by atoms with Gasteiger partial charge in [0.2, 0.25) is 0 Å². The number of hydrogen-bond donors (Lipinski definition) is 0. The van der Waals surface area contributed by atoms with E-state index in [1.165, 1.54) is 0 Å². The predicted molar refractivity (Wildman–Crippen MR) is 66.3 cm³/mol. The lowest BCUT2D eigenvalue weighted by Crippen LogP contribution is -2.13. The highest BCUT2D eigenvalue weighted by atomic mass is 79.9. The molecule has 0 N–H and O–H groups in total. The summed E-state index contributed by atoms with van der Waals surface area (Å²) in [6, 6.07) is 5.72. The number of halogens is 1. The monoisotopic (exact) mass is 291 g/mol. The van der Waals surface area contributed by atoms with Crippen LogP contribution in [-0.4, -0.2) is 21.6 Å². The van der Waals surface area contributed by atoms with Crippen LogP contribution >= 0.6 is 15.9 Å². The molecule has 2 aromatic rings. The summed E-state index contributed by atoms with van der Waals surface area (Å²) in [4.78, 5) is 13.2. The average molecular weight is 292 g/mol. The van der Waals surface area contributed by atoms with Crippen molar-refractivity contribution in [3.63, 3.8) is 0 Å². The second-order valence-electron chi connectivity index (χ2n) is 3.81. The number of pyridine rings is 1. The summed E-state index contributed by atoms with van der Waals surface area (Å²) in [5.41, 5.74) is 2.94. The molecule has 17 heavy (non-hydrogen) atoms. The maximum Gasteiger partial charge on any atom is 0.178 e. The third kappa shape index (κ3) is 2.21. The van der Waals surface area contributed by atoms with Gasteiger partial charge in [-0.15, -0.1) is 0 Å². The van der Waals surface area contributed by atoms with Crippen molar-refractivity contribution in [3.05, 3.63) is 40.3 Å². The Hall–Kier alpha value is -1.33. The van der Waals surface area contributed by atoms with E-state index in [0.717, 1.165) is 34.6 Å². The standard InChI is InChI=1S/C12H10BrN3O/c13-11-3-1-2-10(15-11)12-14-6-8-7-17-5-4-9(8)16-12/h1-3,6H,4-5,7H2. The molecule has 0 bridgehead atoms. The van der Waals surface area contributed by atoms with Gasteiger partial charge in [0, 0.05) is 18.2 Å². The summed E-state index contributed by atoms with van der Waals surface area (Å²) >= 11 is 3.35. The summed E-state index contributed by atoms with van der Waals surface area (Å²) in [6.45, 7) is 1.34. The molecule has 1 aliphatic rings. The molecule has 3 rings (SSSR count). The van der Waals surface area contributed by atoms with E-state index in [1.54, 1.807) is 0 Å². The van der Waals surface area contributed by atoms with Crippen molar-refractivity contribution >= 4 is 15.9 Å². The minimum atomic E-state index is 0.613. The lowest BCUT2D eigenvalue weighted by molar-refractivity contribution is 0.109. The molecule has 4 nitrogen and oxygen atoms in total. The highest BCUT2D eigenvalue weighted by Gasteiger charge is 2.13. The molecule has 0 saturated carbocycles. The molecule has 0 unspecified atom stereocenters. The van der Waals surface area contributed by atoms with Gasteiger partial charge in [-0.25, -0.2) is 15.0 Å². The topological polar surface area (TPSA) is 47.9 Å². The maximum atomic E-state index is 5.36. The Morgan fingerprint density at radius 1 is 1.24 bits per heavy atom. The zero-order chi connectivity index (χ0) is 11.7. The number of ether oxygens (including phenoxy) is 1. The van der Waals surface area contributed by atoms with Gasteiger partial charge < -0.3 is 4.74 Å². The smallest absolute Gasteiger partial charge is 0.178 e. The van der Waals surface area contributed by atoms with Gasteiger partial charge in [0.05, 0.1) is 18.9 Å². The maximum absolute atomic E-state index is 5.36. The van der Waals surface area contributed by atoms with Gasteiger partial charge in [-0.1, -0.05) is 6.07 Å². The van der Waals surface area contributed by atoms with E-state index in [-0.39, 0.29) is 0 Å². The van der Waals surface area contributed by atoms with Crippen molar-refractivity contribution in [2.75, 3.05) is 6.61 Å². The van der Waals surface area contributed by atoms with Crippen LogP contribution in [0.2, 0.25) is 0 Å². The minimum Gasteiger partial charge on any atom is -0.376 e. The Morgan fingerprint density at radius 3 is 3.06 bits per heavy atom. The highest BCUT2D eigenvalue weighted by Crippen LogP contribution is 2.19. The van der Waals surface area contributed by atoms with E-state index in [9.17, 15) is 0 Å². The first-order valence-electron chi connectivity index (χ1n) is 5.38. The minimum absolute atomic E-state index is 0.613. The Kier molecular flexibility index (Phi) is 2.86. The van der Waals surface area contributed by atoms with Crippen molar-refractivity contribution in [1.82, 2.24) is 15.0 Å². The number of nitrogens with zero attached hydrogens (tertiary/aromatic N) is 3. The molecular weight excluding hydrogens is 282 g/mol. The van der Waals surface area contributed by atoms with Crippen LogP contribution in [0, 0.1) is 0 Å². The van der Waals surface area contributed by atoms with Crippen LogP contribution in [0.4, 0.5) is 0 Å². The van der Waals surface area contributed by atoms with Gasteiger partial charge >= 0.3 is 0 Å². The van der Waals surface area contributed by atoms with Gasteiger partial charge in [-0.3, -0.25) is 0 Å². The number of rotatable bonds is 1. The van der Waals surface area contributed by atoms with Crippen molar-refractivity contribution in [2.45, 2.75) is 13.0 Å². The second-order valence-corrected chi connectivity index (χ2v) is 4.63. The SMILES string of the molecule is Brc1cccc(-c2ncc3c(n2)CCOC3)n1. The molecular formula is C12H10BrN3O. The molecule has 0 amide bonds. The fourth-order valence-electron chi connectivity index (χ4n) is 1.79. The second kappa shape index (κ2) is 4.50. The molecule has 0 atom stereocenters. The Labute approximate surface area is 107 Å². The average Bonchev–Trinajstić information content (AvgIpc) is 2.38. The van der Waals surface area contributed by atoms with Crippen molar-refractivity contribution < 1.29 is 4.74 Å². The normalized spacial score (nSPS) is 14.4. The van der Waals surface area contributed by atoms with E-state index in [1.807, 2.05) is 24.4 Å². The van der Waals surface area contributed by atoms with Gasteiger partial charge in [0.25, 0.3) is 0 Å². The van der Waals surface area contributed by atoms with Crippen LogP contribution in [0.25, 0.3) is 11.5 Å². The summed E-state index contributed by atoms with van der Waals surface area (Å²) < 4.78 is 6.15. The molecule has 0 spiro atoms. The van der Waals surface area contributed by atoms with E-state index >= 15 is 0 Å². The Balaban J connectivity index is 2.04. The molecule has 5 heteroatoms. The third-order valence-electron chi connectivity index (χ3n) is 2.64. The summed E-state index contributed by atoms with van der Waals surface area (Å²) in [7, 11) is 0. The van der Waals surface area contributed by atoms with Crippen molar-refractivity contribution in [3.8, 4) is 11.5 Å². The van der Waals surface area contributed by atoms with Crippen LogP contribution in [0.5, 0.6) is 0 Å². The Bertz CT molecular complexity index is 559. The summed E-state index contributed by atoms with van der Waals surface area (Å²) in [5, 5.41) is 0. The molecule has 0 fully saturated rings. The molecule has 1 aliphatic heterocycles. The number of hydrogen-bond acceptors (Lipinski definition) is 4. The third-order valence-corrected chi connectivity index (χ3v) is 3.08. The van der Waals surface area contributed by atoms with Crippen LogP contribution in [0.15, 0.2) is 29.0 Å². The van der Waals surface area contributed by atoms with E-state index in [0.29, 0.717) is 12.4 Å². The van der Waals surface area contributed by atoms with E-state index < -0.39 is 0 Å². The van der Waals surface area contributed by atoms with Crippen LogP contribution < -0.4 is 0 Å². The first-order valence-corrected chi connectivity index (χ1v) is 6.18. The fraction of sp³-hybridized carbons (Fsp3) is 0.250. The summed E-state index contributed by atoms with van der Waals surface area (Å²) in [6.07, 6.45) is 2.68. The molecule has 0 saturated heterocycles. The van der Waals surface area contributed by atoms with E-state index in [2.05, 4.69) is 30.9 Å². The van der Waals surface area contributed by atoms with Gasteiger partial charge in [-0.05, 0) is 28.1 Å². The van der Waals surface area contributed by atoms with Gasteiger partial charge in [0.15, 0.2) is 5.82 Å². The first kappa shape index (κ1) is 10.8. The van der Waals surface area contributed by atoms with Crippen LogP contribution in [0.3, 0.4) is 0 Å². The molecule has 0 radical (unpaired) electrons. The zero-order valence-electron chi connectivity index (χ0n) is 9.06. The molecule has 0 aromatic carbocycles. The van der Waals surface area contributed by atoms with Crippen molar-refractivity contribution in [1.29, 1.82) is 0 Å². The number of aromatic nitrogens is 3. The van der Waals surface area contributed by atoms with Crippen molar-refractivity contribution in [2.24, 2.45) is 0 Å². The highest BCUT2D eigenvalue weighted by molar-refractivity contribution is 9.10. The van der Waals surface area contributed by atoms with Crippen LogP contribution in [0.1, 0.15) is 11.3 Å². The zero-order valence-corrected chi connectivity index (χ0v) is 10.6. The molecule has 3 heterocycles. The molecule has 86 valence electrons. The summed E-state index contributed by atoms with van der Waals surface area (Å²) in [5.74, 6) is 0.673. The fourth-order valence-corrected chi connectivity index (χ4v) is 2.13. The largest absolute Gasteiger partial charge is 0.376 e. The first-order chi connectivity index (χ1) is 8.33.